The van der Waals surface area contributed by atoms with Crippen LogP contribution in [0, 0.1) is 13.8 Å². The van der Waals surface area contributed by atoms with Crippen molar-refractivity contribution < 1.29 is 0 Å². The summed E-state index contributed by atoms with van der Waals surface area (Å²) in [5.74, 6) is 0. The number of nitrogens with one attached hydrogen (secondary N) is 1. The van der Waals surface area contributed by atoms with Crippen molar-refractivity contribution in [3.8, 4) is 0 Å². The molecule has 0 spiro atoms. The van der Waals surface area contributed by atoms with E-state index < -0.39 is 0 Å². The van der Waals surface area contributed by atoms with Gasteiger partial charge >= 0.3 is 0 Å². The van der Waals surface area contributed by atoms with Gasteiger partial charge in [0.15, 0.2) is 0 Å². The molecular formula is C30H30N2. The van der Waals surface area contributed by atoms with Crippen LogP contribution in [0.1, 0.15) is 53.3 Å². The van der Waals surface area contributed by atoms with E-state index in [0.717, 1.165) is 24.2 Å². The van der Waals surface area contributed by atoms with E-state index in [4.69, 9.17) is 4.99 Å². The largest absolute Gasteiger partial charge is 0.372 e. The molecule has 2 nitrogen and oxygen atoms in total. The number of aliphatic imine (C=N–C) groups is 1. The number of hydrogen-bond acceptors (Lipinski definition) is 2. The molecule has 1 atom stereocenters. The Kier molecular flexibility index (Phi) is 5.30. The minimum atomic E-state index is 0.0202. The van der Waals surface area contributed by atoms with E-state index in [1.165, 1.54) is 49.8 Å². The maximum atomic E-state index is 5.39. The van der Waals surface area contributed by atoms with Crippen LogP contribution >= 0.6 is 0 Å². The summed E-state index contributed by atoms with van der Waals surface area (Å²) in [6, 6.07) is 26.3. The van der Waals surface area contributed by atoms with E-state index in [1.54, 1.807) is 0 Å². The molecule has 1 N–H and O–H groups in total. The third kappa shape index (κ3) is 3.31. The molecule has 5 rings (SSSR count). The van der Waals surface area contributed by atoms with E-state index in [2.05, 4.69) is 106 Å². The first kappa shape index (κ1) is 20.5. The van der Waals surface area contributed by atoms with E-state index in [1.807, 2.05) is 0 Å². The Morgan fingerprint density at radius 1 is 0.750 bits per heavy atom. The highest BCUT2D eigenvalue weighted by Gasteiger charge is 2.31. The maximum Gasteiger partial charge on any atom is 0.0953 e. The summed E-state index contributed by atoms with van der Waals surface area (Å²) < 4.78 is 0. The van der Waals surface area contributed by atoms with Crippen LogP contribution in [0.5, 0.6) is 0 Å². The molecule has 4 aromatic rings. The van der Waals surface area contributed by atoms with E-state index in [0.29, 0.717) is 0 Å². The van der Waals surface area contributed by atoms with Gasteiger partial charge in [-0.2, -0.15) is 0 Å². The quantitative estimate of drug-likeness (QED) is 0.350. The molecule has 0 bridgehead atoms. The number of anilines is 1. The second-order valence-electron chi connectivity index (χ2n) is 8.72. The minimum Gasteiger partial charge on any atom is -0.372 e. The molecule has 0 fully saturated rings. The van der Waals surface area contributed by atoms with Gasteiger partial charge in [0.25, 0.3) is 0 Å². The van der Waals surface area contributed by atoms with Gasteiger partial charge in [-0.15, -0.1) is 0 Å². The van der Waals surface area contributed by atoms with Crippen molar-refractivity contribution in [2.75, 3.05) is 5.32 Å². The van der Waals surface area contributed by atoms with Crippen molar-refractivity contribution in [3.63, 3.8) is 0 Å². The number of para-hydroxylation sites is 2. The van der Waals surface area contributed by atoms with Gasteiger partial charge in [0, 0.05) is 11.3 Å². The first-order valence-electron chi connectivity index (χ1n) is 11.7. The van der Waals surface area contributed by atoms with E-state index in [-0.39, 0.29) is 6.04 Å². The number of rotatable bonds is 5. The lowest BCUT2D eigenvalue weighted by Crippen LogP contribution is -2.19. The van der Waals surface area contributed by atoms with Gasteiger partial charge in [-0.1, -0.05) is 86.6 Å². The van der Waals surface area contributed by atoms with E-state index in [9.17, 15) is 0 Å². The number of benzene rings is 4. The SMILES string of the molecule is CCc1cccc(C)c1N=C1c2cccc3cccc(c23)C1Nc1c(C)cccc1CC. The summed E-state index contributed by atoms with van der Waals surface area (Å²) in [5.41, 5.74) is 11.2. The molecule has 0 saturated heterocycles. The third-order valence-electron chi connectivity index (χ3n) is 6.76. The van der Waals surface area contributed by atoms with Crippen LogP contribution in [0.2, 0.25) is 0 Å². The maximum absolute atomic E-state index is 5.39. The Balaban J connectivity index is 1.74. The zero-order chi connectivity index (χ0) is 22.2. The highest BCUT2D eigenvalue weighted by atomic mass is 15.0. The molecule has 0 radical (unpaired) electrons. The van der Waals surface area contributed by atoms with Crippen LogP contribution in [0.3, 0.4) is 0 Å². The predicted molar refractivity (Wildman–Crippen MR) is 138 cm³/mol. The molecule has 1 aliphatic carbocycles. The van der Waals surface area contributed by atoms with Gasteiger partial charge < -0.3 is 5.32 Å². The lowest BCUT2D eigenvalue weighted by molar-refractivity contribution is 1.03. The Morgan fingerprint density at radius 2 is 1.41 bits per heavy atom. The summed E-state index contributed by atoms with van der Waals surface area (Å²) in [6.45, 7) is 8.79. The van der Waals surface area contributed by atoms with Gasteiger partial charge in [-0.3, -0.25) is 0 Å². The molecule has 0 aliphatic heterocycles. The lowest BCUT2D eigenvalue weighted by atomic mass is 10.0. The zero-order valence-corrected chi connectivity index (χ0v) is 19.4. The van der Waals surface area contributed by atoms with Crippen molar-refractivity contribution in [1.82, 2.24) is 0 Å². The standard InChI is InChI=1S/C30H30N2/c1-5-21-13-7-11-19(3)27(21)31-29-24-17-9-15-23-16-10-18-25(26(23)24)30(29)32-28-20(4)12-8-14-22(28)6-2/h7-18,29,31H,5-6H2,1-4H3. The molecule has 0 heterocycles. The highest BCUT2D eigenvalue weighted by Crippen LogP contribution is 2.42. The monoisotopic (exact) mass is 418 g/mol. The predicted octanol–water partition coefficient (Wildman–Crippen LogP) is 7.87. The van der Waals surface area contributed by atoms with Crippen molar-refractivity contribution in [3.05, 3.63) is 106 Å². The fourth-order valence-corrected chi connectivity index (χ4v) is 5.06. The smallest absolute Gasteiger partial charge is 0.0953 e. The van der Waals surface area contributed by atoms with Crippen molar-refractivity contribution in [2.45, 2.75) is 46.6 Å². The normalized spacial score (nSPS) is 16.1. The van der Waals surface area contributed by atoms with Crippen LogP contribution in [0.15, 0.2) is 77.8 Å². The molecule has 160 valence electrons. The van der Waals surface area contributed by atoms with Crippen LogP contribution in [-0.2, 0) is 12.8 Å². The van der Waals surface area contributed by atoms with Crippen LogP contribution in [0.25, 0.3) is 10.8 Å². The van der Waals surface area contributed by atoms with Gasteiger partial charge in [0.05, 0.1) is 17.4 Å². The summed E-state index contributed by atoms with van der Waals surface area (Å²) in [5, 5.41) is 6.53. The van der Waals surface area contributed by atoms with E-state index >= 15 is 0 Å². The van der Waals surface area contributed by atoms with Crippen LogP contribution < -0.4 is 5.32 Å². The Morgan fingerprint density at radius 3 is 2.16 bits per heavy atom. The highest BCUT2D eigenvalue weighted by molar-refractivity contribution is 6.22. The Labute approximate surface area is 191 Å². The fourth-order valence-electron chi connectivity index (χ4n) is 5.06. The second kappa shape index (κ2) is 8.27. The number of aryl methyl sites for hydroxylation is 4. The van der Waals surface area contributed by atoms with Gasteiger partial charge in [0.1, 0.15) is 0 Å². The minimum absolute atomic E-state index is 0.0202. The first-order valence-corrected chi connectivity index (χ1v) is 11.7. The molecule has 0 amide bonds. The third-order valence-corrected chi connectivity index (χ3v) is 6.76. The average molecular weight is 419 g/mol. The summed E-state index contributed by atoms with van der Waals surface area (Å²) in [7, 11) is 0. The van der Waals surface area contributed by atoms with Crippen molar-refractivity contribution in [2.24, 2.45) is 4.99 Å². The average Bonchev–Trinajstić information content (AvgIpc) is 3.11. The molecule has 4 aromatic carbocycles. The van der Waals surface area contributed by atoms with Gasteiger partial charge in [-0.05, 0) is 65.3 Å². The number of hydrogen-bond donors (Lipinski definition) is 1. The topological polar surface area (TPSA) is 24.4 Å². The second-order valence-corrected chi connectivity index (χ2v) is 8.72. The molecule has 1 unspecified atom stereocenters. The van der Waals surface area contributed by atoms with Crippen molar-refractivity contribution in [1.29, 1.82) is 0 Å². The summed E-state index contributed by atoms with van der Waals surface area (Å²) in [4.78, 5) is 5.39. The molecule has 2 heteroatoms. The lowest BCUT2D eigenvalue weighted by Gasteiger charge is -2.22. The zero-order valence-electron chi connectivity index (χ0n) is 19.4. The van der Waals surface area contributed by atoms with Crippen molar-refractivity contribution >= 4 is 27.9 Å². The Hall–Kier alpha value is -3.39. The van der Waals surface area contributed by atoms with Crippen LogP contribution in [-0.4, -0.2) is 5.71 Å². The van der Waals surface area contributed by atoms with Crippen LogP contribution in [0.4, 0.5) is 11.4 Å². The van der Waals surface area contributed by atoms with Gasteiger partial charge in [-0.25, -0.2) is 4.99 Å². The Bertz CT molecular complexity index is 1340. The molecule has 0 aromatic heterocycles. The molecule has 0 saturated carbocycles. The van der Waals surface area contributed by atoms with Gasteiger partial charge in [0.2, 0.25) is 0 Å². The molecular weight excluding hydrogens is 388 g/mol. The molecule has 32 heavy (non-hydrogen) atoms. The summed E-state index contributed by atoms with van der Waals surface area (Å²) in [6.07, 6.45) is 1.97. The summed E-state index contributed by atoms with van der Waals surface area (Å²) >= 11 is 0. The fraction of sp³-hybridized carbons (Fsp3) is 0.233. The number of nitrogens with zero attached hydrogens (tertiary/aromatic N) is 1. The first-order chi connectivity index (χ1) is 15.6. The molecule has 1 aliphatic rings.